The fourth-order valence-corrected chi connectivity index (χ4v) is 4.77. The van der Waals surface area contributed by atoms with Gasteiger partial charge in [0.1, 0.15) is 0 Å². The highest BCUT2D eigenvalue weighted by molar-refractivity contribution is 7.99. The summed E-state index contributed by atoms with van der Waals surface area (Å²) in [5.41, 5.74) is 0.161. The molecule has 2 unspecified atom stereocenters. The molecule has 19 heavy (non-hydrogen) atoms. The van der Waals surface area contributed by atoms with E-state index in [9.17, 15) is 0 Å². The van der Waals surface area contributed by atoms with Gasteiger partial charge in [0.05, 0.1) is 18.3 Å². The van der Waals surface area contributed by atoms with Crippen molar-refractivity contribution in [2.75, 3.05) is 31.3 Å². The molecule has 1 spiro atoms. The molecule has 0 radical (unpaired) electrons. The van der Waals surface area contributed by atoms with Gasteiger partial charge in [-0.2, -0.15) is 11.8 Å². The van der Waals surface area contributed by atoms with Crippen LogP contribution >= 0.6 is 11.8 Å². The molecular formula is C15H27NO2S. The van der Waals surface area contributed by atoms with Crippen molar-refractivity contribution >= 4 is 11.8 Å². The maximum absolute atomic E-state index is 6.20. The normalized spacial score (nSPS) is 35.4. The maximum atomic E-state index is 6.20. The lowest BCUT2D eigenvalue weighted by Crippen LogP contribution is -2.46. The van der Waals surface area contributed by atoms with Gasteiger partial charge in [-0.1, -0.05) is 6.42 Å². The summed E-state index contributed by atoms with van der Waals surface area (Å²) in [4.78, 5) is 0. The highest BCUT2D eigenvalue weighted by Gasteiger charge is 2.39. The zero-order chi connectivity index (χ0) is 13.0. The topological polar surface area (TPSA) is 30.5 Å². The number of thioether (sulfide) groups is 1. The van der Waals surface area contributed by atoms with E-state index in [1.165, 1.54) is 50.2 Å². The van der Waals surface area contributed by atoms with Crippen molar-refractivity contribution < 1.29 is 9.47 Å². The van der Waals surface area contributed by atoms with E-state index in [0.717, 1.165) is 26.1 Å². The Morgan fingerprint density at radius 2 is 2.11 bits per heavy atom. The van der Waals surface area contributed by atoms with E-state index in [4.69, 9.17) is 9.47 Å². The number of rotatable bonds is 3. The van der Waals surface area contributed by atoms with E-state index in [1.54, 1.807) is 0 Å². The zero-order valence-corrected chi connectivity index (χ0v) is 12.7. The third-order valence-corrected chi connectivity index (χ3v) is 5.78. The van der Waals surface area contributed by atoms with Crippen LogP contribution in [0.15, 0.2) is 0 Å². The minimum Gasteiger partial charge on any atom is -0.376 e. The molecule has 3 rings (SSSR count). The standard InChI is InChI=1S/C15H27NO2S/c1-2-7-16-13(3-1)12-17-14-4-8-18-15(11-14)5-9-19-10-6-15/h13-14,16H,1-12H2. The van der Waals surface area contributed by atoms with Crippen molar-refractivity contribution in [2.24, 2.45) is 0 Å². The van der Waals surface area contributed by atoms with Crippen molar-refractivity contribution in [1.29, 1.82) is 0 Å². The number of hydrogen-bond acceptors (Lipinski definition) is 4. The van der Waals surface area contributed by atoms with E-state index in [-0.39, 0.29) is 5.60 Å². The summed E-state index contributed by atoms with van der Waals surface area (Å²) >= 11 is 2.07. The van der Waals surface area contributed by atoms with Gasteiger partial charge in [0.2, 0.25) is 0 Å². The largest absolute Gasteiger partial charge is 0.376 e. The molecule has 0 aliphatic carbocycles. The first kappa shape index (κ1) is 14.2. The summed E-state index contributed by atoms with van der Waals surface area (Å²) < 4.78 is 12.3. The first-order chi connectivity index (χ1) is 9.36. The molecule has 3 aliphatic rings. The van der Waals surface area contributed by atoms with Gasteiger partial charge in [-0.15, -0.1) is 0 Å². The van der Waals surface area contributed by atoms with Crippen LogP contribution < -0.4 is 5.32 Å². The van der Waals surface area contributed by atoms with Crippen LogP contribution in [0, 0.1) is 0 Å². The van der Waals surface area contributed by atoms with Gasteiger partial charge in [0.25, 0.3) is 0 Å². The predicted octanol–water partition coefficient (Wildman–Crippen LogP) is 2.59. The van der Waals surface area contributed by atoms with Gasteiger partial charge < -0.3 is 14.8 Å². The minimum atomic E-state index is 0.161. The molecule has 3 heterocycles. The average Bonchev–Trinajstić information content (AvgIpc) is 2.47. The molecule has 0 saturated carbocycles. The van der Waals surface area contributed by atoms with Crippen molar-refractivity contribution in [3.05, 3.63) is 0 Å². The molecule has 0 aromatic heterocycles. The highest BCUT2D eigenvalue weighted by Crippen LogP contribution is 2.38. The van der Waals surface area contributed by atoms with Crippen LogP contribution in [0.25, 0.3) is 0 Å². The van der Waals surface area contributed by atoms with E-state index < -0.39 is 0 Å². The first-order valence-corrected chi connectivity index (χ1v) is 9.09. The maximum Gasteiger partial charge on any atom is 0.0723 e. The van der Waals surface area contributed by atoms with Crippen LogP contribution in [0.4, 0.5) is 0 Å². The van der Waals surface area contributed by atoms with Gasteiger partial charge in [-0.3, -0.25) is 0 Å². The van der Waals surface area contributed by atoms with Crippen LogP contribution in [-0.2, 0) is 9.47 Å². The fourth-order valence-electron chi connectivity index (χ4n) is 3.54. The van der Waals surface area contributed by atoms with Gasteiger partial charge in [-0.25, -0.2) is 0 Å². The molecule has 4 heteroatoms. The molecule has 3 aliphatic heterocycles. The Balaban J connectivity index is 1.45. The summed E-state index contributed by atoms with van der Waals surface area (Å²) in [6.45, 7) is 2.96. The van der Waals surface area contributed by atoms with Crippen LogP contribution in [0.1, 0.15) is 44.9 Å². The lowest BCUT2D eigenvalue weighted by molar-refractivity contribution is -0.139. The molecule has 0 aromatic rings. The fraction of sp³-hybridized carbons (Fsp3) is 1.00. The van der Waals surface area contributed by atoms with Crippen molar-refractivity contribution in [1.82, 2.24) is 5.32 Å². The lowest BCUT2D eigenvalue weighted by atomic mass is 9.86. The van der Waals surface area contributed by atoms with E-state index in [2.05, 4.69) is 17.1 Å². The predicted molar refractivity (Wildman–Crippen MR) is 79.9 cm³/mol. The Hall–Kier alpha value is 0.230. The van der Waals surface area contributed by atoms with Crippen molar-refractivity contribution in [2.45, 2.75) is 62.7 Å². The monoisotopic (exact) mass is 285 g/mol. The van der Waals surface area contributed by atoms with Crippen LogP contribution in [-0.4, -0.2) is 49.0 Å². The number of hydrogen-bond donors (Lipinski definition) is 1. The Kier molecular flexibility index (Phi) is 5.07. The second-order valence-electron chi connectivity index (χ2n) is 6.24. The van der Waals surface area contributed by atoms with E-state index in [0.29, 0.717) is 12.1 Å². The molecular weight excluding hydrogens is 258 g/mol. The summed E-state index contributed by atoms with van der Waals surface area (Å²) in [6, 6.07) is 0.592. The van der Waals surface area contributed by atoms with E-state index >= 15 is 0 Å². The quantitative estimate of drug-likeness (QED) is 0.863. The minimum absolute atomic E-state index is 0.161. The molecule has 0 bridgehead atoms. The van der Waals surface area contributed by atoms with Gasteiger partial charge in [0, 0.05) is 19.1 Å². The molecule has 0 amide bonds. The molecule has 3 fully saturated rings. The molecule has 3 saturated heterocycles. The second-order valence-corrected chi connectivity index (χ2v) is 7.46. The van der Waals surface area contributed by atoms with E-state index in [1.807, 2.05) is 0 Å². The highest BCUT2D eigenvalue weighted by atomic mass is 32.2. The smallest absolute Gasteiger partial charge is 0.0723 e. The third kappa shape index (κ3) is 3.87. The van der Waals surface area contributed by atoms with Crippen LogP contribution in [0.3, 0.4) is 0 Å². The number of ether oxygens (including phenoxy) is 2. The zero-order valence-electron chi connectivity index (χ0n) is 11.9. The third-order valence-electron chi connectivity index (χ3n) is 4.80. The lowest BCUT2D eigenvalue weighted by Gasteiger charge is -2.43. The summed E-state index contributed by atoms with van der Waals surface area (Å²) in [5, 5.41) is 3.57. The molecule has 110 valence electrons. The van der Waals surface area contributed by atoms with Gasteiger partial charge in [-0.05, 0) is 50.2 Å². The van der Waals surface area contributed by atoms with Gasteiger partial charge >= 0.3 is 0 Å². The van der Waals surface area contributed by atoms with Crippen LogP contribution in [0.5, 0.6) is 0 Å². The van der Waals surface area contributed by atoms with Crippen LogP contribution in [0.2, 0.25) is 0 Å². The summed E-state index contributed by atoms with van der Waals surface area (Å²) in [7, 11) is 0. The Morgan fingerprint density at radius 1 is 1.21 bits per heavy atom. The second kappa shape index (κ2) is 6.79. The number of nitrogens with one attached hydrogen (secondary N) is 1. The summed E-state index contributed by atoms with van der Waals surface area (Å²) in [5.74, 6) is 2.52. The van der Waals surface area contributed by atoms with Crippen molar-refractivity contribution in [3.63, 3.8) is 0 Å². The Morgan fingerprint density at radius 3 is 2.89 bits per heavy atom. The Bertz CT molecular complexity index is 270. The average molecular weight is 285 g/mol. The van der Waals surface area contributed by atoms with Crippen molar-refractivity contribution in [3.8, 4) is 0 Å². The Labute approximate surface area is 121 Å². The molecule has 2 atom stereocenters. The van der Waals surface area contributed by atoms with Gasteiger partial charge in [0.15, 0.2) is 0 Å². The number of piperidine rings is 1. The SMILES string of the molecule is C1CCC(COC2CCOC3(CCSCC3)C2)NC1. The molecule has 1 N–H and O–H groups in total. The first-order valence-electron chi connectivity index (χ1n) is 7.93. The molecule has 3 nitrogen and oxygen atoms in total. The summed E-state index contributed by atoms with van der Waals surface area (Å²) in [6.07, 6.45) is 9.05. The molecule has 0 aromatic carbocycles.